The zero-order chi connectivity index (χ0) is 12.3. The molecule has 0 aromatic heterocycles. The standard InChI is InChI=1S/C12H17N3O2/c13-11-8-10(4-5-12(11)15(16)17)9-14-6-2-1-3-7-14/h4-5,8H,1-3,6-7,9,13H2. The van der Waals surface area contributed by atoms with Crippen LogP contribution in [0.3, 0.4) is 0 Å². The highest BCUT2D eigenvalue weighted by atomic mass is 16.6. The van der Waals surface area contributed by atoms with Gasteiger partial charge in [0.2, 0.25) is 0 Å². The number of benzene rings is 1. The van der Waals surface area contributed by atoms with Crippen LogP contribution in [-0.2, 0) is 6.54 Å². The number of likely N-dealkylation sites (tertiary alicyclic amines) is 1. The summed E-state index contributed by atoms with van der Waals surface area (Å²) in [7, 11) is 0. The van der Waals surface area contributed by atoms with Crippen molar-refractivity contribution >= 4 is 11.4 Å². The summed E-state index contributed by atoms with van der Waals surface area (Å²) in [4.78, 5) is 12.6. The van der Waals surface area contributed by atoms with Gasteiger partial charge in [-0.3, -0.25) is 15.0 Å². The van der Waals surface area contributed by atoms with Crippen molar-refractivity contribution in [3.8, 4) is 0 Å². The van der Waals surface area contributed by atoms with Crippen molar-refractivity contribution in [2.45, 2.75) is 25.8 Å². The van der Waals surface area contributed by atoms with Gasteiger partial charge >= 0.3 is 0 Å². The Balaban J connectivity index is 2.06. The first-order valence-corrected chi connectivity index (χ1v) is 5.92. The van der Waals surface area contributed by atoms with Gasteiger partial charge in [0.15, 0.2) is 0 Å². The maximum atomic E-state index is 10.6. The van der Waals surface area contributed by atoms with Crippen molar-refractivity contribution in [1.29, 1.82) is 0 Å². The maximum Gasteiger partial charge on any atom is 0.292 e. The third-order valence-electron chi connectivity index (χ3n) is 3.14. The Kier molecular flexibility index (Phi) is 3.58. The molecule has 0 radical (unpaired) electrons. The lowest BCUT2D eigenvalue weighted by molar-refractivity contribution is -0.383. The second-order valence-corrected chi connectivity index (χ2v) is 4.49. The number of nitrogens with zero attached hydrogens (tertiary/aromatic N) is 2. The van der Waals surface area contributed by atoms with E-state index in [-0.39, 0.29) is 11.4 Å². The molecule has 17 heavy (non-hydrogen) atoms. The molecule has 2 rings (SSSR count). The van der Waals surface area contributed by atoms with Crippen molar-refractivity contribution in [2.24, 2.45) is 0 Å². The number of piperidine rings is 1. The molecule has 1 aliphatic heterocycles. The minimum absolute atomic E-state index is 0.00704. The number of anilines is 1. The highest BCUT2D eigenvalue weighted by molar-refractivity contribution is 5.59. The van der Waals surface area contributed by atoms with Gasteiger partial charge in [-0.1, -0.05) is 12.5 Å². The molecule has 1 heterocycles. The first kappa shape index (κ1) is 11.9. The van der Waals surface area contributed by atoms with E-state index in [2.05, 4.69) is 4.90 Å². The smallest absolute Gasteiger partial charge is 0.292 e. The molecule has 5 heteroatoms. The Morgan fingerprint density at radius 3 is 2.59 bits per heavy atom. The first-order valence-electron chi connectivity index (χ1n) is 5.92. The molecule has 0 unspecified atom stereocenters. The molecule has 0 atom stereocenters. The van der Waals surface area contributed by atoms with Crippen molar-refractivity contribution in [1.82, 2.24) is 4.90 Å². The van der Waals surface area contributed by atoms with Gasteiger partial charge in [-0.05, 0) is 37.6 Å². The molecule has 0 aliphatic carbocycles. The van der Waals surface area contributed by atoms with E-state index in [9.17, 15) is 10.1 Å². The molecule has 0 bridgehead atoms. The van der Waals surface area contributed by atoms with Crippen LogP contribution in [0.4, 0.5) is 11.4 Å². The van der Waals surface area contributed by atoms with Crippen molar-refractivity contribution < 1.29 is 4.92 Å². The van der Waals surface area contributed by atoms with E-state index in [0.717, 1.165) is 25.2 Å². The number of nitro groups is 1. The molecule has 1 aromatic rings. The second-order valence-electron chi connectivity index (χ2n) is 4.49. The van der Waals surface area contributed by atoms with Crippen LogP contribution in [0.25, 0.3) is 0 Å². The molecule has 1 aliphatic rings. The van der Waals surface area contributed by atoms with E-state index in [0.29, 0.717) is 0 Å². The molecule has 2 N–H and O–H groups in total. The fraction of sp³-hybridized carbons (Fsp3) is 0.500. The second kappa shape index (κ2) is 5.14. The number of rotatable bonds is 3. The minimum atomic E-state index is -0.444. The lowest BCUT2D eigenvalue weighted by Gasteiger charge is -2.26. The van der Waals surface area contributed by atoms with Crippen molar-refractivity contribution in [3.05, 3.63) is 33.9 Å². The minimum Gasteiger partial charge on any atom is -0.393 e. The number of hydrogen-bond acceptors (Lipinski definition) is 4. The molecule has 5 nitrogen and oxygen atoms in total. The Hall–Kier alpha value is -1.62. The fourth-order valence-electron chi connectivity index (χ4n) is 2.24. The first-order chi connectivity index (χ1) is 8.16. The Morgan fingerprint density at radius 1 is 1.29 bits per heavy atom. The Labute approximate surface area is 100 Å². The monoisotopic (exact) mass is 235 g/mol. The molecular formula is C12H17N3O2. The topological polar surface area (TPSA) is 72.4 Å². The molecule has 1 aromatic carbocycles. The number of nitro benzene ring substituents is 1. The van der Waals surface area contributed by atoms with Crippen LogP contribution in [0, 0.1) is 10.1 Å². The van der Waals surface area contributed by atoms with Gasteiger partial charge in [0, 0.05) is 12.6 Å². The van der Waals surface area contributed by atoms with Crippen LogP contribution >= 0.6 is 0 Å². The average Bonchev–Trinajstić information content (AvgIpc) is 2.30. The van der Waals surface area contributed by atoms with Gasteiger partial charge in [0.25, 0.3) is 5.69 Å². The summed E-state index contributed by atoms with van der Waals surface area (Å²) in [5.41, 5.74) is 6.97. The van der Waals surface area contributed by atoms with Gasteiger partial charge in [0.1, 0.15) is 5.69 Å². The predicted octanol–water partition coefficient (Wildman–Crippen LogP) is 2.16. The average molecular weight is 235 g/mol. The quantitative estimate of drug-likeness (QED) is 0.495. The number of nitrogen functional groups attached to an aromatic ring is 1. The van der Waals surface area contributed by atoms with E-state index in [1.165, 1.54) is 25.3 Å². The highest BCUT2D eigenvalue weighted by Crippen LogP contribution is 2.23. The molecule has 0 saturated carbocycles. The van der Waals surface area contributed by atoms with E-state index in [4.69, 9.17) is 5.73 Å². The third-order valence-corrected chi connectivity index (χ3v) is 3.14. The molecule has 1 saturated heterocycles. The van der Waals surface area contributed by atoms with E-state index in [1.54, 1.807) is 12.1 Å². The molecule has 1 fully saturated rings. The lowest BCUT2D eigenvalue weighted by Crippen LogP contribution is -2.29. The van der Waals surface area contributed by atoms with E-state index in [1.807, 2.05) is 0 Å². The normalized spacial score (nSPS) is 16.9. The van der Waals surface area contributed by atoms with Crippen LogP contribution in [-0.4, -0.2) is 22.9 Å². The van der Waals surface area contributed by atoms with Gasteiger partial charge in [-0.2, -0.15) is 0 Å². The van der Waals surface area contributed by atoms with Crippen LogP contribution < -0.4 is 5.73 Å². The van der Waals surface area contributed by atoms with Crippen LogP contribution in [0.5, 0.6) is 0 Å². The van der Waals surface area contributed by atoms with Crippen molar-refractivity contribution in [2.75, 3.05) is 18.8 Å². The van der Waals surface area contributed by atoms with Gasteiger partial charge < -0.3 is 5.73 Å². The third kappa shape index (κ3) is 2.94. The maximum absolute atomic E-state index is 10.6. The molecule has 0 spiro atoms. The Bertz CT molecular complexity index is 414. The predicted molar refractivity (Wildman–Crippen MR) is 66.6 cm³/mol. The summed E-state index contributed by atoms with van der Waals surface area (Å²) < 4.78 is 0. The fourth-order valence-corrected chi connectivity index (χ4v) is 2.24. The molecule has 0 amide bonds. The van der Waals surface area contributed by atoms with Crippen LogP contribution in [0.1, 0.15) is 24.8 Å². The SMILES string of the molecule is Nc1cc(CN2CCCCC2)ccc1[N+](=O)[O-]. The number of hydrogen-bond donors (Lipinski definition) is 1. The highest BCUT2D eigenvalue weighted by Gasteiger charge is 2.14. The summed E-state index contributed by atoms with van der Waals surface area (Å²) in [5, 5.41) is 10.6. The molecule has 92 valence electrons. The van der Waals surface area contributed by atoms with Gasteiger partial charge in [-0.25, -0.2) is 0 Å². The number of nitrogens with two attached hydrogens (primary N) is 1. The van der Waals surface area contributed by atoms with Crippen molar-refractivity contribution in [3.63, 3.8) is 0 Å². The Morgan fingerprint density at radius 2 is 2.00 bits per heavy atom. The summed E-state index contributed by atoms with van der Waals surface area (Å²) in [6.45, 7) is 3.05. The molecular weight excluding hydrogens is 218 g/mol. The summed E-state index contributed by atoms with van der Waals surface area (Å²) >= 11 is 0. The zero-order valence-corrected chi connectivity index (χ0v) is 9.76. The largest absolute Gasteiger partial charge is 0.393 e. The summed E-state index contributed by atoms with van der Waals surface area (Å²) in [6.07, 6.45) is 3.78. The van der Waals surface area contributed by atoms with Crippen LogP contribution in [0.2, 0.25) is 0 Å². The van der Waals surface area contributed by atoms with Gasteiger partial charge in [-0.15, -0.1) is 0 Å². The lowest BCUT2D eigenvalue weighted by atomic mass is 10.1. The van der Waals surface area contributed by atoms with E-state index < -0.39 is 4.92 Å². The van der Waals surface area contributed by atoms with E-state index >= 15 is 0 Å². The summed E-state index contributed by atoms with van der Waals surface area (Å²) in [5.74, 6) is 0. The van der Waals surface area contributed by atoms with Gasteiger partial charge in [0.05, 0.1) is 4.92 Å². The zero-order valence-electron chi connectivity index (χ0n) is 9.76. The summed E-state index contributed by atoms with van der Waals surface area (Å²) in [6, 6.07) is 5.00. The van der Waals surface area contributed by atoms with Crippen LogP contribution in [0.15, 0.2) is 18.2 Å².